The lowest BCUT2D eigenvalue weighted by molar-refractivity contribution is 0.157. The zero-order valence-corrected chi connectivity index (χ0v) is 13.3. The van der Waals surface area contributed by atoms with Gasteiger partial charge in [-0.1, -0.05) is 39.8 Å². The van der Waals surface area contributed by atoms with Crippen molar-refractivity contribution in [2.75, 3.05) is 6.54 Å². The summed E-state index contributed by atoms with van der Waals surface area (Å²) >= 11 is 0. The number of hydrogen-bond donors (Lipinski definition) is 1. The maximum atomic E-state index is 13.5. The van der Waals surface area contributed by atoms with Gasteiger partial charge >= 0.3 is 0 Å². The van der Waals surface area contributed by atoms with Crippen LogP contribution in [0.3, 0.4) is 0 Å². The number of nitrogens with two attached hydrogens (primary N) is 1. The molecule has 20 heavy (non-hydrogen) atoms. The molecule has 0 spiro atoms. The van der Waals surface area contributed by atoms with E-state index in [4.69, 9.17) is 5.73 Å². The quantitative estimate of drug-likeness (QED) is 0.781. The third kappa shape index (κ3) is 4.88. The fraction of sp³-hybridized carbons (Fsp3) is 0.647. The number of halogens is 1. The molecule has 0 fully saturated rings. The molecular weight excluding hydrogens is 251 g/mol. The predicted octanol–water partition coefficient (Wildman–Crippen LogP) is 3.93. The van der Waals surface area contributed by atoms with Gasteiger partial charge in [0.25, 0.3) is 0 Å². The lowest BCUT2D eigenvalue weighted by Gasteiger charge is -2.32. The van der Waals surface area contributed by atoms with Crippen molar-refractivity contribution in [1.29, 1.82) is 0 Å². The van der Waals surface area contributed by atoms with Crippen molar-refractivity contribution >= 4 is 0 Å². The minimum atomic E-state index is -0.200. The van der Waals surface area contributed by atoms with E-state index >= 15 is 0 Å². The Kier molecular flexibility index (Phi) is 7.17. The Hall–Kier alpha value is -0.930. The van der Waals surface area contributed by atoms with Crippen LogP contribution in [0.2, 0.25) is 0 Å². The van der Waals surface area contributed by atoms with E-state index in [1.165, 1.54) is 6.07 Å². The topological polar surface area (TPSA) is 29.3 Å². The van der Waals surface area contributed by atoms with Gasteiger partial charge in [0.15, 0.2) is 0 Å². The molecule has 0 aliphatic rings. The molecular formula is C17H29FN2. The summed E-state index contributed by atoms with van der Waals surface area (Å²) in [5.74, 6) is 0.430. The molecule has 0 unspecified atom stereocenters. The van der Waals surface area contributed by atoms with Crippen molar-refractivity contribution in [2.45, 2.75) is 59.7 Å². The first-order chi connectivity index (χ1) is 9.51. The van der Waals surface area contributed by atoms with Gasteiger partial charge in [-0.25, -0.2) is 4.39 Å². The molecule has 2 nitrogen and oxygen atoms in total. The van der Waals surface area contributed by atoms with E-state index in [1.54, 1.807) is 0 Å². The van der Waals surface area contributed by atoms with E-state index in [0.717, 1.165) is 31.5 Å². The summed E-state index contributed by atoms with van der Waals surface area (Å²) in [7, 11) is 0. The molecule has 0 radical (unpaired) electrons. The Morgan fingerprint density at radius 1 is 1.20 bits per heavy atom. The van der Waals surface area contributed by atoms with Gasteiger partial charge in [-0.15, -0.1) is 0 Å². The largest absolute Gasteiger partial charge is 0.326 e. The molecule has 1 rings (SSSR count). The zero-order chi connectivity index (χ0) is 15.1. The second-order valence-electron chi connectivity index (χ2n) is 5.92. The van der Waals surface area contributed by atoms with Crippen LogP contribution < -0.4 is 5.73 Å². The van der Waals surface area contributed by atoms with Crippen molar-refractivity contribution in [3.63, 3.8) is 0 Å². The van der Waals surface area contributed by atoms with Gasteiger partial charge in [-0.2, -0.15) is 0 Å². The second kappa shape index (κ2) is 8.38. The first-order valence-electron chi connectivity index (χ1n) is 7.73. The van der Waals surface area contributed by atoms with E-state index in [1.807, 2.05) is 12.1 Å². The summed E-state index contributed by atoms with van der Waals surface area (Å²) in [4.78, 5) is 2.51. The van der Waals surface area contributed by atoms with Gasteiger partial charge < -0.3 is 5.73 Å². The average molecular weight is 280 g/mol. The minimum Gasteiger partial charge on any atom is -0.326 e. The first-order valence-corrected chi connectivity index (χ1v) is 7.73. The molecule has 0 heterocycles. The summed E-state index contributed by atoms with van der Waals surface area (Å²) in [5.41, 5.74) is 7.35. The van der Waals surface area contributed by atoms with Crippen LogP contribution in [0.15, 0.2) is 18.2 Å². The lowest BCUT2D eigenvalue weighted by Crippen LogP contribution is -2.36. The fourth-order valence-electron chi connectivity index (χ4n) is 2.73. The molecule has 0 amide bonds. The minimum absolute atomic E-state index is 0.200. The summed E-state index contributed by atoms with van der Waals surface area (Å²) in [6, 6.07) is 5.91. The molecule has 0 saturated heterocycles. The molecule has 1 aromatic rings. The standard InChI is InChI=1S/C17H29FN2/c1-5-16(6-2)20(11-13(3)4)12-14-7-8-17(18)15(9-14)10-19/h7-9,13,16H,5-6,10-12,19H2,1-4H3. The monoisotopic (exact) mass is 280 g/mol. The zero-order valence-electron chi connectivity index (χ0n) is 13.3. The van der Waals surface area contributed by atoms with Crippen LogP contribution in [0.5, 0.6) is 0 Å². The van der Waals surface area contributed by atoms with E-state index in [0.29, 0.717) is 17.5 Å². The molecule has 114 valence electrons. The Morgan fingerprint density at radius 2 is 1.85 bits per heavy atom. The van der Waals surface area contributed by atoms with Crippen molar-refractivity contribution in [3.8, 4) is 0 Å². The predicted molar refractivity (Wildman–Crippen MR) is 83.9 cm³/mol. The highest BCUT2D eigenvalue weighted by Gasteiger charge is 2.17. The number of rotatable bonds is 8. The Balaban J connectivity index is 2.88. The molecule has 0 aromatic heterocycles. The van der Waals surface area contributed by atoms with E-state index in [9.17, 15) is 4.39 Å². The van der Waals surface area contributed by atoms with Crippen LogP contribution in [0.1, 0.15) is 51.7 Å². The first kappa shape index (κ1) is 17.1. The summed E-state index contributed by atoms with van der Waals surface area (Å²) in [5, 5.41) is 0. The Morgan fingerprint density at radius 3 is 2.35 bits per heavy atom. The molecule has 0 saturated carbocycles. The number of hydrogen-bond acceptors (Lipinski definition) is 2. The third-order valence-corrected chi connectivity index (χ3v) is 3.77. The van der Waals surface area contributed by atoms with E-state index in [-0.39, 0.29) is 12.4 Å². The molecule has 0 atom stereocenters. The van der Waals surface area contributed by atoms with Gasteiger partial charge in [0.05, 0.1) is 0 Å². The summed E-state index contributed by atoms with van der Waals surface area (Å²) in [6.07, 6.45) is 2.29. The average Bonchev–Trinajstić information content (AvgIpc) is 2.41. The highest BCUT2D eigenvalue weighted by atomic mass is 19.1. The molecule has 2 N–H and O–H groups in total. The molecule has 3 heteroatoms. The van der Waals surface area contributed by atoms with Crippen LogP contribution in [0, 0.1) is 11.7 Å². The van der Waals surface area contributed by atoms with Gasteiger partial charge in [-0.05, 0) is 30.4 Å². The van der Waals surface area contributed by atoms with Gasteiger partial charge in [0.2, 0.25) is 0 Å². The van der Waals surface area contributed by atoms with E-state index < -0.39 is 0 Å². The van der Waals surface area contributed by atoms with Crippen molar-refractivity contribution in [2.24, 2.45) is 11.7 Å². The van der Waals surface area contributed by atoms with Crippen LogP contribution in [-0.4, -0.2) is 17.5 Å². The lowest BCUT2D eigenvalue weighted by atomic mass is 10.0. The molecule has 0 bridgehead atoms. The fourth-order valence-corrected chi connectivity index (χ4v) is 2.73. The summed E-state index contributed by atoms with van der Waals surface area (Å²) < 4.78 is 13.5. The third-order valence-electron chi connectivity index (χ3n) is 3.77. The number of benzene rings is 1. The maximum Gasteiger partial charge on any atom is 0.127 e. The van der Waals surface area contributed by atoms with Crippen molar-refractivity contribution in [3.05, 3.63) is 35.1 Å². The highest BCUT2D eigenvalue weighted by molar-refractivity contribution is 5.25. The normalized spacial score (nSPS) is 11.8. The SMILES string of the molecule is CCC(CC)N(Cc1ccc(F)c(CN)c1)CC(C)C. The Labute approximate surface area is 123 Å². The van der Waals surface area contributed by atoms with Gasteiger partial charge in [0, 0.05) is 31.2 Å². The molecule has 0 aliphatic heterocycles. The number of nitrogens with zero attached hydrogens (tertiary/aromatic N) is 1. The smallest absolute Gasteiger partial charge is 0.127 e. The Bertz CT molecular complexity index is 400. The maximum absolute atomic E-state index is 13.5. The second-order valence-corrected chi connectivity index (χ2v) is 5.92. The van der Waals surface area contributed by atoms with Crippen molar-refractivity contribution in [1.82, 2.24) is 4.90 Å². The molecule has 0 aliphatic carbocycles. The van der Waals surface area contributed by atoms with Gasteiger partial charge in [0.1, 0.15) is 5.82 Å². The van der Waals surface area contributed by atoms with Crippen LogP contribution >= 0.6 is 0 Å². The van der Waals surface area contributed by atoms with Crippen LogP contribution in [-0.2, 0) is 13.1 Å². The summed E-state index contributed by atoms with van der Waals surface area (Å²) in [6.45, 7) is 11.2. The van der Waals surface area contributed by atoms with Crippen LogP contribution in [0.25, 0.3) is 0 Å². The van der Waals surface area contributed by atoms with Crippen LogP contribution in [0.4, 0.5) is 4.39 Å². The van der Waals surface area contributed by atoms with Crippen molar-refractivity contribution < 1.29 is 4.39 Å². The van der Waals surface area contributed by atoms with Gasteiger partial charge in [-0.3, -0.25) is 4.90 Å². The molecule has 1 aromatic carbocycles. The highest BCUT2D eigenvalue weighted by Crippen LogP contribution is 2.17. The van der Waals surface area contributed by atoms with E-state index in [2.05, 4.69) is 32.6 Å².